The third-order valence-electron chi connectivity index (χ3n) is 2.04. The number of hydrogen-bond donors (Lipinski definition) is 0. The molecule has 1 atom stereocenters. The zero-order chi connectivity index (χ0) is 8.27. The Morgan fingerprint density at radius 1 is 1.73 bits per heavy atom. The highest BCUT2D eigenvalue weighted by Crippen LogP contribution is 2.22. The molecule has 0 spiro atoms. The Bertz CT molecular complexity index is 182. The maximum Gasteiger partial charge on any atom is 0.333 e. The van der Waals surface area contributed by atoms with Crippen LogP contribution in [0.1, 0.15) is 26.2 Å². The molecule has 11 heavy (non-hydrogen) atoms. The average Bonchev–Trinajstić information content (AvgIpc) is 2.03. The molecule has 2 heteroatoms. The molecule has 0 amide bonds. The number of methoxy groups -OCH3 is 1. The monoisotopic (exact) mass is 154 g/mol. The van der Waals surface area contributed by atoms with Crippen LogP contribution in [0.25, 0.3) is 0 Å². The van der Waals surface area contributed by atoms with Gasteiger partial charge in [0.1, 0.15) is 0 Å². The van der Waals surface area contributed by atoms with Gasteiger partial charge in [-0.2, -0.15) is 0 Å². The molecule has 0 heterocycles. The van der Waals surface area contributed by atoms with Crippen LogP contribution in [0.15, 0.2) is 11.6 Å². The van der Waals surface area contributed by atoms with Crippen molar-refractivity contribution in [1.29, 1.82) is 0 Å². The van der Waals surface area contributed by atoms with Gasteiger partial charge in [-0.3, -0.25) is 0 Å². The van der Waals surface area contributed by atoms with E-state index in [0.717, 1.165) is 18.4 Å². The fraction of sp³-hybridized carbons (Fsp3) is 0.667. The summed E-state index contributed by atoms with van der Waals surface area (Å²) < 4.78 is 4.63. The highest BCUT2D eigenvalue weighted by atomic mass is 16.5. The number of carbonyl (C=O) groups is 1. The van der Waals surface area contributed by atoms with Gasteiger partial charge in [-0.05, 0) is 25.2 Å². The summed E-state index contributed by atoms with van der Waals surface area (Å²) in [5.41, 5.74) is 0.853. The van der Waals surface area contributed by atoms with E-state index in [1.54, 1.807) is 0 Å². The predicted octanol–water partition coefficient (Wildman–Crippen LogP) is 1.91. The summed E-state index contributed by atoms with van der Waals surface area (Å²) in [4.78, 5) is 11.0. The molecule has 0 unspecified atom stereocenters. The van der Waals surface area contributed by atoms with Gasteiger partial charge < -0.3 is 4.74 Å². The Hall–Kier alpha value is -0.790. The van der Waals surface area contributed by atoms with Crippen LogP contribution in [0.2, 0.25) is 0 Å². The van der Waals surface area contributed by atoms with Crippen LogP contribution in [0.4, 0.5) is 0 Å². The molecule has 1 rings (SSSR count). The van der Waals surface area contributed by atoms with Gasteiger partial charge in [0.25, 0.3) is 0 Å². The minimum Gasteiger partial charge on any atom is -0.466 e. The summed E-state index contributed by atoms with van der Waals surface area (Å²) >= 11 is 0. The molecule has 0 aliphatic heterocycles. The summed E-state index contributed by atoms with van der Waals surface area (Å²) in [6.07, 6.45) is 5.22. The van der Waals surface area contributed by atoms with Crippen molar-refractivity contribution in [1.82, 2.24) is 0 Å². The van der Waals surface area contributed by atoms with Gasteiger partial charge in [-0.15, -0.1) is 0 Å². The van der Waals surface area contributed by atoms with Gasteiger partial charge in [0, 0.05) is 5.57 Å². The number of rotatable bonds is 1. The van der Waals surface area contributed by atoms with Gasteiger partial charge >= 0.3 is 5.97 Å². The van der Waals surface area contributed by atoms with Crippen LogP contribution in [0, 0.1) is 5.92 Å². The van der Waals surface area contributed by atoms with Crippen LogP contribution < -0.4 is 0 Å². The fourth-order valence-corrected chi connectivity index (χ4v) is 1.43. The van der Waals surface area contributed by atoms with Crippen molar-refractivity contribution in [2.75, 3.05) is 7.11 Å². The second-order valence-corrected chi connectivity index (χ2v) is 3.05. The van der Waals surface area contributed by atoms with Gasteiger partial charge in [0.05, 0.1) is 7.11 Å². The molecular formula is C9H14O2. The van der Waals surface area contributed by atoms with E-state index in [-0.39, 0.29) is 5.97 Å². The van der Waals surface area contributed by atoms with Crippen LogP contribution >= 0.6 is 0 Å². The van der Waals surface area contributed by atoms with E-state index >= 15 is 0 Å². The first kappa shape index (κ1) is 8.31. The van der Waals surface area contributed by atoms with Crippen molar-refractivity contribution >= 4 is 5.97 Å². The van der Waals surface area contributed by atoms with E-state index in [0.29, 0.717) is 5.92 Å². The lowest BCUT2D eigenvalue weighted by molar-refractivity contribution is -0.136. The van der Waals surface area contributed by atoms with Gasteiger partial charge in [-0.25, -0.2) is 4.79 Å². The zero-order valence-electron chi connectivity index (χ0n) is 7.09. The predicted molar refractivity (Wildman–Crippen MR) is 43.1 cm³/mol. The van der Waals surface area contributed by atoms with Crippen molar-refractivity contribution < 1.29 is 9.53 Å². The molecule has 0 N–H and O–H groups in total. The SMILES string of the molecule is COC(=O)C1=C[C@@H](C)CCC1. The Labute approximate surface area is 67.2 Å². The van der Waals surface area contributed by atoms with Crippen LogP contribution in [0.3, 0.4) is 0 Å². The molecule has 0 radical (unpaired) electrons. The number of carbonyl (C=O) groups excluding carboxylic acids is 1. The van der Waals surface area contributed by atoms with Crippen molar-refractivity contribution in [3.63, 3.8) is 0 Å². The molecule has 1 aliphatic carbocycles. The Balaban J connectivity index is 2.63. The van der Waals surface area contributed by atoms with Crippen molar-refractivity contribution in [3.05, 3.63) is 11.6 Å². The molecule has 0 fully saturated rings. The maximum absolute atomic E-state index is 11.0. The molecule has 2 nitrogen and oxygen atoms in total. The highest BCUT2D eigenvalue weighted by molar-refractivity contribution is 5.88. The number of hydrogen-bond acceptors (Lipinski definition) is 2. The van der Waals surface area contributed by atoms with Crippen LogP contribution in [-0.2, 0) is 9.53 Å². The number of allylic oxidation sites excluding steroid dienone is 1. The summed E-state index contributed by atoms with van der Waals surface area (Å²) in [6, 6.07) is 0. The second kappa shape index (κ2) is 3.56. The first-order chi connectivity index (χ1) is 5.24. The molecular weight excluding hydrogens is 140 g/mol. The molecule has 0 saturated heterocycles. The third kappa shape index (κ3) is 2.07. The van der Waals surface area contributed by atoms with Gasteiger partial charge in [0.2, 0.25) is 0 Å². The standard InChI is InChI=1S/C9H14O2/c1-7-4-3-5-8(6-7)9(10)11-2/h6-7H,3-5H2,1-2H3/t7-/m0/s1. The smallest absolute Gasteiger partial charge is 0.333 e. The number of ether oxygens (including phenoxy) is 1. The highest BCUT2D eigenvalue weighted by Gasteiger charge is 2.15. The topological polar surface area (TPSA) is 26.3 Å². The van der Waals surface area contributed by atoms with Gasteiger partial charge in [-0.1, -0.05) is 13.0 Å². The fourth-order valence-electron chi connectivity index (χ4n) is 1.43. The van der Waals surface area contributed by atoms with E-state index in [2.05, 4.69) is 11.7 Å². The number of esters is 1. The first-order valence-electron chi connectivity index (χ1n) is 4.03. The van der Waals surface area contributed by atoms with E-state index in [1.807, 2.05) is 6.08 Å². The summed E-state index contributed by atoms with van der Waals surface area (Å²) in [7, 11) is 1.43. The lowest BCUT2D eigenvalue weighted by Gasteiger charge is -2.15. The molecule has 1 aliphatic rings. The van der Waals surface area contributed by atoms with Gasteiger partial charge in [0.15, 0.2) is 0 Å². The molecule has 0 aromatic rings. The molecule has 0 aromatic carbocycles. The maximum atomic E-state index is 11.0. The van der Waals surface area contributed by atoms with Crippen molar-refractivity contribution in [2.24, 2.45) is 5.92 Å². The quantitative estimate of drug-likeness (QED) is 0.539. The minimum absolute atomic E-state index is 0.156. The summed E-state index contributed by atoms with van der Waals surface area (Å²) in [5, 5.41) is 0. The normalized spacial score (nSPS) is 24.2. The molecule has 0 bridgehead atoms. The average molecular weight is 154 g/mol. The lowest BCUT2D eigenvalue weighted by atomic mass is 9.92. The van der Waals surface area contributed by atoms with E-state index in [4.69, 9.17) is 0 Å². The molecule has 0 aromatic heterocycles. The van der Waals surface area contributed by atoms with Crippen LogP contribution in [-0.4, -0.2) is 13.1 Å². The Morgan fingerprint density at radius 3 is 3.00 bits per heavy atom. The molecule has 62 valence electrons. The van der Waals surface area contributed by atoms with Crippen molar-refractivity contribution in [2.45, 2.75) is 26.2 Å². The van der Waals surface area contributed by atoms with Crippen LogP contribution in [0.5, 0.6) is 0 Å². The Morgan fingerprint density at radius 2 is 2.45 bits per heavy atom. The van der Waals surface area contributed by atoms with E-state index < -0.39 is 0 Å². The van der Waals surface area contributed by atoms with E-state index in [9.17, 15) is 4.79 Å². The largest absolute Gasteiger partial charge is 0.466 e. The third-order valence-corrected chi connectivity index (χ3v) is 2.04. The summed E-state index contributed by atoms with van der Waals surface area (Å²) in [6.45, 7) is 2.13. The first-order valence-corrected chi connectivity index (χ1v) is 4.03. The minimum atomic E-state index is -0.156. The summed E-state index contributed by atoms with van der Waals surface area (Å²) in [5.74, 6) is 0.384. The second-order valence-electron chi connectivity index (χ2n) is 3.05. The lowest BCUT2D eigenvalue weighted by Crippen LogP contribution is -2.10. The Kier molecular flexibility index (Phi) is 2.69. The molecule has 0 saturated carbocycles. The van der Waals surface area contributed by atoms with Crippen molar-refractivity contribution in [3.8, 4) is 0 Å². The zero-order valence-corrected chi connectivity index (χ0v) is 7.09. The van der Waals surface area contributed by atoms with E-state index in [1.165, 1.54) is 13.5 Å².